The number of alkyl halides is 1. The summed E-state index contributed by atoms with van der Waals surface area (Å²) in [6.45, 7) is 1.85. The molecule has 5 nitrogen and oxygen atoms in total. The SMILES string of the molecule is COc1ccc(CNC(=O)C(C)(Cl)c2ccncc2Cl)c(OC)c1. The Kier molecular flexibility index (Phi) is 5.91. The molecule has 1 aromatic carbocycles. The summed E-state index contributed by atoms with van der Waals surface area (Å²) in [4.78, 5) is 15.1. The van der Waals surface area contributed by atoms with Gasteiger partial charge < -0.3 is 14.8 Å². The van der Waals surface area contributed by atoms with Crippen LogP contribution in [0.4, 0.5) is 0 Å². The molecule has 128 valence electrons. The molecule has 2 rings (SSSR count). The Bertz CT molecular complexity index is 736. The monoisotopic (exact) mass is 368 g/mol. The predicted molar refractivity (Wildman–Crippen MR) is 93.8 cm³/mol. The number of hydrogen-bond donors (Lipinski definition) is 1. The summed E-state index contributed by atoms with van der Waals surface area (Å²) in [5.41, 5.74) is 1.31. The van der Waals surface area contributed by atoms with Crippen LogP contribution in [0, 0.1) is 0 Å². The van der Waals surface area contributed by atoms with Gasteiger partial charge in [0, 0.05) is 36.1 Å². The number of pyridine rings is 1. The zero-order chi connectivity index (χ0) is 17.7. The molecule has 1 atom stereocenters. The fraction of sp³-hybridized carbons (Fsp3) is 0.294. The minimum absolute atomic E-state index is 0.261. The Morgan fingerprint density at radius 1 is 1.29 bits per heavy atom. The fourth-order valence-corrected chi connectivity index (χ4v) is 2.81. The van der Waals surface area contributed by atoms with E-state index in [9.17, 15) is 4.79 Å². The van der Waals surface area contributed by atoms with E-state index in [0.717, 1.165) is 5.56 Å². The first kappa shape index (κ1) is 18.4. The number of amides is 1. The second-order valence-corrected chi connectivity index (χ2v) is 6.38. The van der Waals surface area contributed by atoms with Crippen LogP contribution in [-0.2, 0) is 16.2 Å². The van der Waals surface area contributed by atoms with Gasteiger partial charge in [-0.1, -0.05) is 11.6 Å². The van der Waals surface area contributed by atoms with Crippen molar-refractivity contribution in [2.75, 3.05) is 14.2 Å². The number of nitrogens with zero attached hydrogens (tertiary/aromatic N) is 1. The van der Waals surface area contributed by atoms with E-state index in [4.69, 9.17) is 32.7 Å². The minimum atomic E-state index is -1.31. The lowest BCUT2D eigenvalue weighted by Gasteiger charge is -2.23. The van der Waals surface area contributed by atoms with Crippen molar-refractivity contribution >= 4 is 29.1 Å². The van der Waals surface area contributed by atoms with E-state index in [0.29, 0.717) is 22.1 Å². The van der Waals surface area contributed by atoms with Gasteiger partial charge in [0.15, 0.2) is 0 Å². The van der Waals surface area contributed by atoms with Crippen molar-refractivity contribution < 1.29 is 14.3 Å². The molecule has 0 spiro atoms. The molecular formula is C17H18Cl2N2O3. The smallest absolute Gasteiger partial charge is 0.245 e. The molecule has 24 heavy (non-hydrogen) atoms. The molecule has 1 amide bonds. The fourth-order valence-electron chi connectivity index (χ4n) is 2.22. The van der Waals surface area contributed by atoms with Crippen LogP contribution in [0.15, 0.2) is 36.7 Å². The summed E-state index contributed by atoms with van der Waals surface area (Å²) < 4.78 is 10.5. The molecule has 7 heteroatoms. The lowest BCUT2D eigenvalue weighted by atomic mass is 10.0. The summed E-state index contributed by atoms with van der Waals surface area (Å²) in [6, 6.07) is 7.00. The standard InChI is InChI=1S/C17H18Cl2N2O3/c1-17(19,13-6-7-20-10-14(13)18)16(22)21-9-11-4-5-12(23-2)8-15(11)24-3/h4-8,10H,9H2,1-3H3,(H,21,22). The lowest BCUT2D eigenvalue weighted by molar-refractivity contribution is -0.123. The first-order valence-electron chi connectivity index (χ1n) is 7.18. The zero-order valence-corrected chi connectivity index (χ0v) is 15.1. The molecule has 0 saturated heterocycles. The second-order valence-electron chi connectivity index (χ2n) is 5.22. The van der Waals surface area contributed by atoms with Gasteiger partial charge in [-0.05, 0) is 25.1 Å². The topological polar surface area (TPSA) is 60.5 Å². The molecule has 0 aliphatic heterocycles. The van der Waals surface area contributed by atoms with Gasteiger partial charge >= 0.3 is 0 Å². The Morgan fingerprint density at radius 3 is 2.67 bits per heavy atom. The van der Waals surface area contributed by atoms with E-state index in [1.54, 1.807) is 45.5 Å². The van der Waals surface area contributed by atoms with Crippen LogP contribution < -0.4 is 14.8 Å². The summed E-state index contributed by atoms with van der Waals surface area (Å²) in [5.74, 6) is 0.927. The van der Waals surface area contributed by atoms with Gasteiger partial charge in [0.25, 0.3) is 0 Å². The van der Waals surface area contributed by atoms with Crippen LogP contribution in [0.3, 0.4) is 0 Å². The van der Waals surface area contributed by atoms with Crippen molar-refractivity contribution in [3.8, 4) is 11.5 Å². The summed E-state index contributed by atoms with van der Waals surface area (Å²) >= 11 is 12.5. The highest BCUT2D eigenvalue weighted by atomic mass is 35.5. The zero-order valence-electron chi connectivity index (χ0n) is 13.6. The average molecular weight is 369 g/mol. The molecule has 0 aliphatic carbocycles. The van der Waals surface area contributed by atoms with E-state index in [-0.39, 0.29) is 12.5 Å². The van der Waals surface area contributed by atoms with Crippen LogP contribution >= 0.6 is 23.2 Å². The molecule has 1 N–H and O–H groups in total. The summed E-state index contributed by atoms with van der Waals surface area (Å²) in [6.07, 6.45) is 3.00. The van der Waals surface area contributed by atoms with E-state index >= 15 is 0 Å². The van der Waals surface area contributed by atoms with Crippen LogP contribution in [-0.4, -0.2) is 25.1 Å². The maximum absolute atomic E-state index is 12.5. The van der Waals surface area contributed by atoms with Crippen molar-refractivity contribution in [3.63, 3.8) is 0 Å². The Balaban J connectivity index is 2.14. The lowest BCUT2D eigenvalue weighted by Crippen LogP contribution is -2.38. The highest BCUT2D eigenvalue weighted by Crippen LogP contribution is 2.33. The molecule has 0 radical (unpaired) electrons. The third-order valence-corrected chi connectivity index (χ3v) is 4.31. The van der Waals surface area contributed by atoms with Gasteiger partial charge in [-0.3, -0.25) is 9.78 Å². The van der Waals surface area contributed by atoms with E-state index in [1.165, 1.54) is 6.20 Å². The average Bonchev–Trinajstić information content (AvgIpc) is 2.59. The highest BCUT2D eigenvalue weighted by molar-refractivity contribution is 6.38. The van der Waals surface area contributed by atoms with E-state index in [2.05, 4.69) is 10.3 Å². The van der Waals surface area contributed by atoms with Crippen molar-refractivity contribution in [2.24, 2.45) is 0 Å². The Labute approximate surface area is 150 Å². The number of carbonyl (C=O) groups excluding carboxylic acids is 1. The number of nitrogens with one attached hydrogen (secondary N) is 1. The van der Waals surface area contributed by atoms with Gasteiger partial charge in [0.1, 0.15) is 16.4 Å². The second kappa shape index (κ2) is 7.73. The number of benzene rings is 1. The van der Waals surface area contributed by atoms with Crippen molar-refractivity contribution in [3.05, 3.63) is 52.8 Å². The van der Waals surface area contributed by atoms with Crippen LogP contribution in [0.25, 0.3) is 0 Å². The van der Waals surface area contributed by atoms with Crippen molar-refractivity contribution in [1.29, 1.82) is 0 Å². The van der Waals surface area contributed by atoms with E-state index in [1.807, 2.05) is 6.07 Å². The van der Waals surface area contributed by atoms with Crippen LogP contribution in [0.5, 0.6) is 11.5 Å². The maximum Gasteiger partial charge on any atom is 0.245 e. The Morgan fingerprint density at radius 2 is 2.04 bits per heavy atom. The molecule has 2 aromatic rings. The molecule has 1 aromatic heterocycles. The quantitative estimate of drug-likeness (QED) is 0.792. The molecule has 0 bridgehead atoms. The molecule has 1 unspecified atom stereocenters. The van der Waals surface area contributed by atoms with Gasteiger partial charge in [0.2, 0.25) is 5.91 Å². The number of halogens is 2. The number of hydrogen-bond acceptors (Lipinski definition) is 4. The first-order valence-corrected chi connectivity index (χ1v) is 7.93. The summed E-state index contributed by atoms with van der Waals surface area (Å²) in [5, 5.41) is 3.15. The third-order valence-electron chi connectivity index (χ3n) is 3.64. The van der Waals surface area contributed by atoms with Crippen LogP contribution in [0.2, 0.25) is 5.02 Å². The molecule has 1 heterocycles. The summed E-state index contributed by atoms with van der Waals surface area (Å²) in [7, 11) is 3.14. The number of rotatable bonds is 6. The Hall–Kier alpha value is -1.98. The van der Waals surface area contributed by atoms with E-state index < -0.39 is 4.87 Å². The minimum Gasteiger partial charge on any atom is -0.497 e. The largest absolute Gasteiger partial charge is 0.497 e. The van der Waals surface area contributed by atoms with Crippen LogP contribution in [0.1, 0.15) is 18.1 Å². The van der Waals surface area contributed by atoms with Gasteiger partial charge in [-0.15, -0.1) is 11.6 Å². The highest BCUT2D eigenvalue weighted by Gasteiger charge is 2.34. The van der Waals surface area contributed by atoms with Crippen molar-refractivity contribution in [2.45, 2.75) is 18.3 Å². The van der Waals surface area contributed by atoms with Gasteiger partial charge in [0.05, 0.1) is 19.2 Å². The van der Waals surface area contributed by atoms with Gasteiger partial charge in [-0.2, -0.15) is 0 Å². The molecule has 0 fully saturated rings. The molecule has 0 saturated carbocycles. The molecule has 0 aliphatic rings. The number of carbonyl (C=O) groups is 1. The molecular weight excluding hydrogens is 351 g/mol. The number of ether oxygens (including phenoxy) is 2. The van der Waals surface area contributed by atoms with Gasteiger partial charge in [-0.25, -0.2) is 0 Å². The number of methoxy groups -OCH3 is 2. The normalized spacial score (nSPS) is 13.0. The maximum atomic E-state index is 12.5. The first-order chi connectivity index (χ1) is 11.4. The number of aromatic nitrogens is 1. The predicted octanol–water partition coefficient (Wildman–Crippen LogP) is 3.52. The van der Waals surface area contributed by atoms with Crippen molar-refractivity contribution in [1.82, 2.24) is 10.3 Å². The third kappa shape index (κ3) is 3.91.